The summed E-state index contributed by atoms with van der Waals surface area (Å²) in [5, 5.41) is 8.76. The molecule has 1 aromatic rings. The minimum absolute atomic E-state index is 0.341. The Morgan fingerprint density at radius 2 is 2.00 bits per heavy atom. The number of carboxylic acids is 1. The Kier molecular flexibility index (Phi) is 4.03. The van der Waals surface area contributed by atoms with E-state index in [0.29, 0.717) is 5.30 Å². The normalized spacial score (nSPS) is 14.5. The van der Waals surface area contributed by atoms with Crippen LogP contribution in [-0.4, -0.2) is 24.8 Å². The van der Waals surface area contributed by atoms with Crippen LogP contribution in [0.2, 0.25) is 0 Å². The Labute approximate surface area is 87.2 Å². The number of rotatable bonds is 5. The van der Waals surface area contributed by atoms with Crippen molar-refractivity contribution in [1.29, 1.82) is 0 Å². The van der Waals surface area contributed by atoms with Gasteiger partial charge in [0.2, 0.25) is 0 Å². The lowest BCUT2D eigenvalue weighted by Gasteiger charge is -2.14. The maximum absolute atomic E-state index is 12.0. The van der Waals surface area contributed by atoms with Gasteiger partial charge in [-0.05, 0) is 12.1 Å². The molecule has 0 aliphatic heterocycles. The summed E-state index contributed by atoms with van der Waals surface area (Å²) in [6.45, 7) is -0.653. The van der Waals surface area contributed by atoms with Gasteiger partial charge >= 0.3 is 13.6 Å². The van der Waals surface area contributed by atoms with Crippen molar-refractivity contribution >= 4 is 18.9 Å². The largest absolute Gasteiger partial charge is 0.480 e. The molecule has 15 heavy (non-hydrogen) atoms. The fourth-order valence-electron chi connectivity index (χ4n) is 0.983. The highest BCUT2D eigenvalue weighted by molar-refractivity contribution is 7.62. The van der Waals surface area contributed by atoms with E-state index < -0.39 is 20.2 Å². The molecule has 6 heteroatoms. The quantitative estimate of drug-likeness (QED) is 0.770. The maximum atomic E-state index is 12.0. The summed E-state index contributed by atoms with van der Waals surface area (Å²) in [5.41, 5.74) is 0. The number of hydrogen-bond acceptors (Lipinski definition) is 4. The van der Waals surface area contributed by atoms with Crippen LogP contribution in [-0.2, 0) is 18.4 Å². The zero-order valence-electron chi connectivity index (χ0n) is 8.12. The summed E-state index contributed by atoms with van der Waals surface area (Å²) in [6, 6.07) is 8.22. The fourth-order valence-corrected chi connectivity index (χ4v) is 2.27. The molecular formula is C9H11O5P. The summed E-state index contributed by atoms with van der Waals surface area (Å²) >= 11 is 0. The molecule has 1 atom stereocenters. The average Bonchev–Trinajstić information content (AvgIpc) is 2.27. The Hall–Kier alpha value is -1.16. The maximum Gasteiger partial charge on any atom is 0.361 e. The van der Waals surface area contributed by atoms with Gasteiger partial charge in [-0.15, -0.1) is 0 Å². The highest BCUT2D eigenvalue weighted by atomic mass is 31.2. The molecule has 1 unspecified atom stereocenters. The summed E-state index contributed by atoms with van der Waals surface area (Å²) in [7, 11) is -2.27. The monoisotopic (exact) mass is 230 g/mol. The van der Waals surface area contributed by atoms with Gasteiger partial charge in [-0.2, -0.15) is 0 Å². The molecule has 82 valence electrons. The lowest BCUT2D eigenvalue weighted by molar-refractivity contribution is -0.139. The van der Waals surface area contributed by atoms with E-state index in [1.54, 1.807) is 30.3 Å². The molecule has 1 rings (SSSR count). The van der Waals surface area contributed by atoms with Crippen LogP contribution in [0.15, 0.2) is 30.3 Å². The molecule has 0 aliphatic carbocycles. The molecular weight excluding hydrogens is 219 g/mol. The van der Waals surface area contributed by atoms with Crippen LogP contribution in [0.25, 0.3) is 0 Å². The van der Waals surface area contributed by atoms with Crippen LogP contribution in [0.3, 0.4) is 0 Å². The van der Waals surface area contributed by atoms with Crippen LogP contribution in [0, 0.1) is 0 Å². The standard InChI is InChI=1S/C9H11O5P/c1-13-15(12,14-7-9(10)11)8-5-3-2-4-6-8/h2-6H,7H2,1H3,(H,10,11). The Bertz CT molecular complexity index is 375. The molecule has 0 saturated heterocycles. The van der Waals surface area contributed by atoms with Gasteiger partial charge in [0.15, 0.2) is 6.61 Å². The first-order valence-electron chi connectivity index (χ1n) is 4.16. The molecule has 1 aromatic carbocycles. The smallest absolute Gasteiger partial charge is 0.361 e. The molecule has 0 heterocycles. The zero-order chi connectivity index (χ0) is 11.3. The Morgan fingerprint density at radius 3 is 2.47 bits per heavy atom. The third-order valence-electron chi connectivity index (χ3n) is 1.67. The number of carbonyl (C=O) groups is 1. The van der Waals surface area contributed by atoms with E-state index >= 15 is 0 Å². The summed E-state index contributed by atoms with van der Waals surface area (Å²) in [4.78, 5) is 10.3. The first-order chi connectivity index (χ1) is 7.08. The van der Waals surface area contributed by atoms with Crippen LogP contribution in [0.5, 0.6) is 0 Å². The molecule has 0 amide bonds. The molecule has 5 nitrogen and oxygen atoms in total. The van der Waals surface area contributed by atoms with E-state index in [1.807, 2.05) is 0 Å². The van der Waals surface area contributed by atoms with Gasteiger partial charge < -0.3 is 9.63 Å². The van der Waals surface area contributed by atoms with Crippen molar-refractivity contribution in [2.45, 2.75) is 0 Å². The molecule has 0 aromatic heterocycles. The van der Waals surface area contributed by atoms with E-state index in [0.717, 1.165) is 0 Å². The van der Waals surface area contributed by atoms with Gasteiger partial charge in [-0.1, -0.05) is 18.2 Å². The highest BCUT2D eigenvalue weighted by Gasteiger charge is 2.26. The Morgan fingerprint density at radius 1 is 1.40 bits per heavy atom. The molecule has 0 saturated carbocycles. The third-order valence-corrected chi connectivity index (χ3v) is 3.55. The van der Waals surface area contributed by atoms with Gasteiger partial charge in [-0.3, -0.25) is 9.09 Å². The average molecular weight is 230 g/mol. The molecule has 0 spiro atoms. The third kappa shape index (κ3) is 3.16. The van der Waals surface area contributed by atoms with Crippen LogP contribution >= 0.6 is 7.60 Å². The summed E-state index contributed by atoms with van der Waals surface area (Å²) in [5.74, 6) is -1.19. The van der Waals surface area contributed by atoms with Gasteiger partial charge in [0.05, 0.1) is 5.30 Å². The first kappa shape index (κ1) is 11.9. The number of carboxylic acid groups (broad SMARTS) is 1. The fraction of sp³-hybridized carbons (Fsp3) is 0.222. The summed E-state index contributed by atoms with van der Waals surface area (Å²) < 4.78 is 21.5. The highest BCUT2D eigenvalue weighted by Crippen LogP contribution is 2.45. The second kappa shape index (κ2) is 5.07. The van der Waals surface area contributed by atoms with Crippen molar-refractivity contribution in [2.75, 3.05) is 13.7 Å². The molecule has 1 N–H and O–H groups in total. The van der Waals surface area contributed by atoms with E-state index in [-0.39, 0.29) is 0 Å². The zero-order valence-corrected chi connectivity index (χ0v) is 9.02. The SMILES string of the molecule is COP(=O)(OCC(=O)O)c1ccccc1. The van der Waals surface area contributed by atoms with Crippen LogP contribution in [0.1, 0.15) is 0 Å². The summed E-state index contributed by atoms with van der Waals surface area (Å²) in [6.07, 6.45) is 0. The minimum atomic E-state index is -3.49. The number of aliphatic carboxylic acids is 1. The van der Waals surface area contributed by atoms with Crippen molar-refractivity contribution in [3.8, 4) is 0 Å². The predicted octanol–water partition coefficient (Wildman–Crippen LogP) is 1.25. The number of benzene rings is 1. The molecule has 0 fully saturated rings. The van der Waals surface area contributed by atoms with Crippen molar-refractivity contribution in [3.63, 3.8) is 0 Å². The molecule has 0 aliphatic rings. The van der Waals surface area contributed by atoms with E-state index in [1.165, 1.54) is 7.11 Å². The lowest BCUT2D eigenvalue weighted by atomic mass is 10.4. The van der Waals surface area contributed by atoms with Crippen molar-refractivity contribution < 1.29 is 23.5 Å². The minimum Gasteiger partial charge on any atom is -0.480 e. The second-order valence-corrected chi connectivity index (χ2v) is 4.82. The van der Waals surface area contributed by atoms with Gasteiger partial charge in [-0.25, -0.2) is 4.79 Å². The van der Waals surface area contributed by atoms with Crippen molar-refractivity contribution in [3.05, 3.63) is 30.3 Å². The van der Waals surface area contributed by atoms with Crippen molar-refractivity contribution in [2.24, 2.45) is 0 Å². The lowest BCUT2D eigenvalue weighted by Crippen LogP contribution is -2.13. The van der Waals surface area contributed by atoms with E-state index in [4.69, 9.17) is 14.2 Å². The van der Waals surface area contributed by atoms with Gasteiger partial charge in [0.25, 0.3) is 0 Å². The topological polar surface area (TPSA) is 72.8 Å². The molecule has 0 bridgehead atoms. The van der Waals surface area contributed by atoms with Crippen LogP contribution < -0.4 is 5.30 Å². The van der Waals surface area contributed by atoms with Crippen molar-refractivity contribution in [1.82, 2.24) is 0 Å². The van der Waals surface area contributed by atoms with Gasteiger partial charge in [0, 0.05) is 7.11 Å². The van der Waals surface area contributed by atoms with E-state index in [2.05, 4.69) is 0 Å². The Balaban J connectivity index is 2.86. The first-order valence-corrected chi connectivity index (χ1v) is 5.70. The van der Waals surface area contributed by atoms with Gasteiger partial charge in [0.1, 0.15) is 0 Å². The predicted molar refractivity (Wildman–Crippen MR) is 54.3 cm³/mol. The molecule has 0 radical (unpaired) electrons. The second-order valence-electron chi connectivity index (χ2n) is 2.68. The van der Waals surface area contributed by atoms with E-state index in [9.17, 15) is 9.36 Å². The van der Waals surface area contributed by atoms with Crippen LogP contribution in [0.4, 0.5) is 0 Å². The number of hydrogen-bond donors (Lipinski definition) is 1.